The van der Waals surface area contributed by atoms with Crippen LogP contribution in [0.5, 0.6) is 0 Å². The van der Waals surface area contributed by atoms with E-state index in [1.807, 2.05) is 35.2 Å². The average Bonchev–Trinajstić information content (AvgIpc) is 2.63. The monoisotopic (exact) mass is 387 g/mol. The van der Waals surface area contributed by atoms with Crippen LogP contribution in [0.25, 0.3) is 0 Å². The number of hydrogen-bond donors (Lipinski definition) is 1. The number of piperidine rings is 1. The Morgan fingerprint density at radius 2 is 1.83 bits per heavy atom. The van der Waals surface area contributed by atoms with Crippen molar-refractivity contribution >= 4 is 33.4 Å². The number of anilines is 1. The second-order valence-electron chi connectivity index (χ2n) is 5.80. The Morgan fingerprint density at radius 3 is 2.46 bits per heavy atom. The molecule has 0 spiro atoms. The van der Waals surface area contributed by atoms with Crippen molar-refractivity contribution in [1.29, 1.82) is 0 Å². The number of nitrogens with one attached hydrogen (secondary N) is 1. The maximum atomic E-state index is 12.5. The normalized spacial score (nSPS) is 15.1. The summed E-state index contributed by atoms with van der Waals surface area (Å²) >= 11 is 3.37. The second kappa shape index (κ2) is 7.57. The molecular formula is C18H18BrN3O2. The van der Waals surface area contributed by atoms with E-state index < -0.39 is 0 Å². The predicted octanol–water partition coefficient (Wildman–Crippen LogP) is 3.34. The maximum absolute atomic E-state index is 12.5. The van der Waals surface area contributed by atoms with Crippen LogP contribution in [0.1, 0.15) is 23.2 Å². The van der Waals surface area contributed by atoms with Gasteiger partial charge in [0.1, 0.15) is 0 Å². The third-order valence-electron chi connectivity index (χ3n) is 4.17. The van der Waals surface area contributed by atoms with E-state index in [0.717, 1.165) is 4.47 Å². The molecule has 2 aromatic rings. The zero-order valence-corrected chi connectivity index (χ0v) is 14.7. The van der Waals surface area contributed by atoms with Crippen molar-refractivity contribution in [2.45, 2.75) is 12.8 Å². The molecule has 0 saturated carbocycles. The standard InChI is InChI=1S/C18H18BrN3O2/c19-15-5-3-14(4-6-15)18(24)22-10-7-13(8-11-22)17(23)21-16-2-1-9-20-12-16/h1-6,9,12-13H,7-8,10-11H2,(H,21,23). The molecule has 2 heterocycles. The van der Waals surface area contributed by atoms with Gasteiger partial charge in [-0.15, -0.1) is 0 Å². The van der Waals surface area contributed by atoms with Crippen LogP contribution in [-0.2, 0) is 4.79 Å². The minimum atomic E-state index is -0.0702. The summed E-state index contributed by atoms with van der Waals surface area (Å²) in [4.78, 5) is 30.6. The van der Waals surface area contributed by atoms with Crippen LogP contribution < -0.4 is 5.32 Å². The zero-order chi connectivity index (χ0) is 16.9. The van der Waals surface area contributed by atoms with Crippen LogP contribution >= 0.6 is 15.9 Å². The fourth-order valence-corrected chi connectivity index (χ4v) is 3.07. The average molecular weight is 388 g/mol. The zero-order valence-electron chi connectivity index (χ0n) is 13.1. The van der Waals surface area contributed by atoms with Crippen molar-refractivity contribution in [2.24, 2.45) is 5.92 Å². The van der Waals surface area contributed by atoms with Gasteiger partial charge in [-0.05, 0) is 49.2 Å². The number of amides is 2. The Kier molecular flexibility index (Phi) is 5.25. The van der Waals surface area contributed by atoms with Crippen molar-refractivity contribution in [3.05, 3.63) is 58.8 Å². The number of likely N-dealkylation sites (tertiary alicyclic amines) is 1. The molecule has 0 aliphatic carbocycles. The highest BCUT2D eigenvalue weighted by Gasteiger charge is 2.27. The molecule has 1 aliphatic rings. The van der Waals surface area contributed by atoms with Gasteiger partial charge in [0.25, 0.3) is 5.91 Å². The van der Waals surface area contributed by atoms with Gasteiger partial charge in [0, 0.05) is 35.2 Å². The topological polar surface area (TPSA) is 62.3 Å². The lowest BCUT2D eigenvalue weighted by atomic mass is 9.95. The largest absolute Gasteiger partial charge is 0.339 e. The van der Waals surface area contributed by atoms with Crippen molar-refractivity contribution in [2.75, 3.05) is 18.4 Å². The van der Waals surface area contributed by atoms with Crippen molar-refractivity contribution in [3.63, 3.8) is 0 Å². The molecule has 24 heavy (non-hydrogen) atoms. The molecule has 1 saturated heterocycles. The Balaban J connectivity index is 1.54. The van der Waals surface area contributed by atoms with Gasteiger partial charge in [-0.2, -0.15) is 0 Å². The van der Waals surface area contributed by atoms with Gasteiger partial charge in [-0.3, -0.25) is 14.6 Å². The Bertz CT molecular complexity index is 711. The highest BCUT2D eigenvalue weighted by atomic mass is 79.9. The fourth-order valence-electron chi connectivity index (χ4n) is 2.80. The number of pyridine rings is 1. The van der Waals surface area contributed by atoms with Crippen molar-refractivity contribution < 1.29 is 9.59 Å². The maximum Gasteiger partial charge on any atom is 0.253 e. The summed E-state index contributed by atoms with van der Waals surface area (Å²) in [7, 11) is 0. The van der Waals surface area contributed by atoms with Gasteiger partial charge in [-0.25, -0.2) is 0 Å². The van der Waals surface area contributed by atoms with Gasteiger partial charge >= 0.3 is 0 Å². The number of carbonyl (C=O) groups is 2. The van der Waals surface area contributed by atoms with Crippen LogP contribution in [-0.4, -0.2) is 34.8 Å². The Hall–Kier alpha value is -2.21. The fraction of sp³-hybridized carbons (Fsp3) is 0.278. The van der Waals surface area contributed by atoms with Crippen LogP contribution in [0.4, 0.5) is 5.69 Å². The molecule has 0 radical (unpaired) electrons. The summed E-state index contributed by atoms with van der Waals surface area (Å²) in [5.41, 5.74) is 1.38. The van der Waals surface area contributed by atoms with E-state index in [2.05, 4.69) is 26.2 Å². The molecule has 2 amide bonds. The van der Waals surface area contributed by atoms with Crippen LogP contribution in [0.2, 0.25) is 0 Å². The summed E-state index contributed by atoms with van der Waals surface area (Å²) < 4.78 is 0.949. The Labute approximate surface area is 149 Å². The number of carbonyl (C=O) groups excluding carboxylic acids is 2. The van der Waals surface area contributed by atoms with Crippen LogP contribution in [0, 0.1) is 5.92 Å². The molecule has 1 N–H and O–H groups in total. The molecule has 1 aromatic heterocycles. The van der Waals surface area contributed by atoms with Gasteiger partial charge in [0.15, 0.2) is 0 Å². The number of nitrogens with zero attached hydrogens (tertiary/aromatic N) is 2. The molecule has 6 heteroatoms. The molecule has 1 aromatic carbocycles. The molecule has 0 bridgehead atoms. The van der Waals surface area contributed by atoms with Crippen molar-refractivity contribution in [1.82, 2.24) is 9.88 Å². The lowest BCUT2D eigenvalue weighted by Crippen LogP contribution is -2.41. The summed E-state index contributed by atoms with van der Waals surface area (Å²) in [6.07, 6.45) is 4.65. The first kappa shape index (κ1) is 16.6. The Morgan fingerprint density at radius 1 is 1.12 bits per heavy atom. The van der Waals surface area contributed by atoms with Crippen LogP contribution in [0.3, 0.4) is 0 Å². The van der Waals surface area contributed by atoms with E-state index in [9.17, 15) is 9.59 Å². The third kappa shape index (κ3) is 4.00. The lowest BCUT2D eigenvalue weighted by molar-refractivity contribution is -0.121. The number of benzene rings is 1. The highest BCUT2D eigenvalue weighted by Crippen LogP contribution is 2.21. The smallest absolute Gasteiger partial charge is 0.253 e. The van der Waals surface area contributed by atoms with E-state index in [1.165, 1.54) is 0 Å². The van der Waals surface area contributed by atoms with Gasteiger partial charge in [-0.1, -0.05) is 15.9 Å². The minimum absolute atomic E-state index is 0.00117. The molecule has 1 aliphatic heterocycles. The first-order valence-corrected chi connectivity index (χ1v) is 8.68. The number of rotatable bonds is 3. The van der Waals surface area contributed by atoms with Crippen LogP contribution in [0.15, 0.2) is 53.3 Å². The lowest BCUT2D eigenvalue weighted by Gasteiger charge is -2.31. The summed E-state index contributed by atoms with van der Waals surface area (Å²) in [6.45, 7) is 1.19. The number of halogens is 1. The molecular weight excluding hydrogens is 370 g/mol. The van der Waals surface area contributed by atoms with E-state index >= 15 is 0 Å². The van der Waals surface area contributed by atoms with E-state index in [1.54, 1.807) is 18.5 Å². The van der Waals surface area contributed by atoms with E-state index in [4.69, 9.17) is 0 Å². The molecule has 0 unspecified atom stereocenters. The molecule has 124 valence electrons. The van der Waals surface area contributed by atoms with E-state index in [-0.39, 0.29) is 17.7 Å². The summed E-state index contributed by atoms with van der Waals surface area (Å²) in [5.74, 6) is -0.0495. The minimum Gasteiger partial charge on any atom is -0.339 e. The summed E-state index contributed by atoms with van der Waals surface area (Å²) in [6, 6.07) is 11.0. The van der Waals surface area contributed by atoms with Crippen molar-refractivity contribution in [3.8, 4) is 0 Å². The highest BCUT2D eigenvalue weighted by molar-refractivity contribution is 9.10. The number of aromatic nitrogens is 1. The third-order valence-corrected chi connectivity index (χ3v) is 4.70. The van der Waals surface area contributed by atoms with Gasteiger partial charge in [0.05, 0.1) is 11.9 Å². The number of hydrogen-bond acceptors (Lipinski definition) is 3. The quantitative estimate of drug-likeness (QED) is 0.878. The van der Waals surface area contributed by atoms with Gasteiger partial charge in [0.2, 0.25) is 5.91 Å². The van der Waals surface area contributed by atoms with E-state index in [0.29, 0.717) is 37.2 Å². The predicted molar refractivity (Wildman–Crippen MR) is 95.6 cm³/mol. The summed E-state index contributed by atoms with van der Waals surface area (Å²) in [5, 5.41) is 2.88. The molecule has 1 fully saturated rings. The molecule has 5 nitrogen and oxygen atoms in total. The SMILES string of the molecule is O=C(Nc1cccnc1)C1CCN(C(=O)c2ccc(Br)cc2)CC1. The first-order chi connectivity index (χ1) is 11.6. The molecule has 0 atom stereocenters. The van der Waals surface area contributed by atoms with Gasteiger partial charge < -0.3 is 10.2 Å². The second-order valence-corrected chi connectivity index (χ2v) is 6.72. The first-order valence-electron chi connectivity index (χ1n) is 7.89. The molecule has 3 rings (SSSR count).